The highest BCUT2D eigenvalue weighted by atomic mass is 32.2. The summed E-state index contributed by atoms with van der Waals surface area (Å²) in [5.41, 5.74) is -0.532. The molecule has 0 saturated carbocycles. The molecule has 0 fully saturated rings. The zero-order chi connectivity index (χ0) is 18.8. The zero-order valence-electron chi connectivity index (χ0n) is 13.3. The van der Waals surface area contributed by atoms with E-state index in [2.05, 4.69) is 4.72 Å². The lowest BCUT2D eigenvalue weighted by molar-refractivity contribution is -0.137. The van der Waals surface area contributed by atoms with Gasteiger partial charge in [-0.3, -0.25) is 9.52 Å². The summed E-state index contributed by atoms with van der Waals surface area (Å²) in [6.45, 7) is 0. The Morgan fingerprint density at radius 2 is 1.64 bits per heavy atom. The molecule has 1 amide bonds. The summed E-state index contributed by atoms with van der Waals surface area (Å²) in [6.07, 6.45) is -4.55. The molecule has 0 aliphatic rings. The van der Waals surface area contributed by atoms with Gasteiger partial charge in [0.15, 0.2) is 0 Å². The van der Waals surface area contributed by atoms with E-state index < -0.39 is 21.8 Å². The smallest absolute Gasteiger partial charge is 0.345 e. The Hall–Kier alpha value is -2.55. The first-order chi connectivity index (χ1) is 11.5. The molecular weight excluding hydrogens is 357 g/mol. The molecule has 9 heteroatoms. The fourth-order valence-electron chi connectivity index (χ4n) is 2.01. The monoisotopic (exact) mass is 372 g/mol. The van der Waals surface area contributed by atoms with Gasteiger partial charge in [-0.1, -0.05) is 6.07 Å². The van der Waals surface area contributed by atoms with Crippen molar-refractivity contribution in [3.8, 4) is 0 Å². The highest BCUT2D eigenvalue weighted by molar-refractivity contribution is 7.92. The molecule has 0 bridgehead atoms. The van der Waals surface area contributed by atoms with Gasteiger partial charge in [0.2, 0.25) is 0 Å². The van der Waals surface area contributed by atoms with Crippen molar-refractivity contribution in [2.45, 2.75) is 11.1 Å². The summed E-state index contributed by atoms with van der Waals surface area (Å²) < 4.78 is 64.5. The molecule has 2 aromatic carbocycles. The molecule has 25 heavy (non-hydrogen) atoms. The van der Waals surface area contributed by atoms with E-state index in [4.69, 9.17) is 0 Å². The maximum absolute atomic E-state index is 12.5. The lowest BCUT2D eigenvalue weighted by Gasteiger charge is -2.13. The minimum absolute atomic E-state index is 0.132. The van der Waals surface area contributed by atoms with Crippen LogP contribution in [0.25, 0.3) is 0 Å². The number of hydrogen-bond acceptors (Lipinski definition) is 3. The van der Waals surface area contributed by atoms with Crippen LogP contribution < -0.4 is 4.72 Å². The average Bonchev–Trinajstić information content (AvgIpc) is 2.53. The second-order valence-corrected chi connectivity index (χ2v) is 7.09. The third-order valence-electron chi connectivity index (χ3n) is 3.26. The summed E-state index contributed by atoms with van der Waals surface area (Å²) in [6, 6.07) is 8.96. The van der Waals surface area contributed by atoms with Crippen LogP contribution in [0.4, 0.5) is 18.9 Å². The molecule has 0 radical (unpaired) electrons. The molecule has 2 rings (SSSR count). The van der Waals surface area contributed by atoms with Crippen LogP contribution >= 0.6 is 0 Å². The number of sulfonamides is 1. The summed E-state index contributed by atoms with van der Waals surface area (Å²) in [7, 11) is -0.967. The number of rotatable bonds is 4. The number of halogens is 3. The van der Waals surface area contributed by atoms with Crippen LogP contribution in [0.15, 0.2) is 53.4 Å². The van der Waals surface area contributed by atoms with E-state index in [0.29, 0.717) is 12.1 Å². The first-order valence-corrected chi connectivity index (χ1v) is 8.51. The lowest BCUT2D eigenvalue weighted by Crippen LogP contribution is -2.22. The van der Waals surface area contributed by atoms with Gasteiger partial charge in [0, 0.05) is 25.3 Å². The van der Waals surface area contributed by atoms with Crippen LogP contribution in [0.2, 0.25) is 0 Å². The molecule has 5 nitrogen and oxygen atoms in total. The minimum atomic E-state index is -4.55. The molecule has 0 unspecified atom stereocenters. The van der Waals surface area contributed by atoms with Crippen molar-refractivity contribution < 1.29 is 26.4 Å². The molecule has 1 N–H and O–H groups in total. The van der Waals surface area contributed by atoms with E-state index in [-0.39, 0.29) is 22.1 Å². The highest BCUT2D eigenvalue weighted by Gasteiger charge is 2.30. The van der Waals surface area contributed by atoms with Gasteiger partial charge >= 0.3 is 6.18 Å². The van der Waals surface area contributed by atoms with Crippen molar-refractivity contribution >= 4 is 21.6 Å². The van der Waals surface area contributed by atoms with Gasteiger partial charge in [-0.15, -0.1) is 0 Å². The van der Waals surface area contributed by atoms with E-state index in [9.17, 15) is 26.4 Å². The van der Waals surface area contributed by atoms with E-state index in [1.807, 2.05) is 0 Å². The predicted molar refractivity (Wildman–Crippen MR) is 86.7 cm³/mol. The number of nitrogens with zero attached hydrogens (tertiary/aromatic N) is 1. The van der Waals surface area contributed by atoms with E-state index in [1.165, 1.54) is 29.2 Å². The fraction of sp³-hybridized carbons (Fsp3) is 0.188. The Morgan fingerprint density at radius 1 is 1.04 bits per heavy atom. The molecule has 0 aromatic heterocycles. The third kappa shape index (κ3) is 4.50. The van der Waals surface area contributed by atoms with Crippen LogP contribution in [0.5, 0.6) is 0 Å². The Bertz CT molecular complexity index is 876. The van der Waals surface area contributed by atoms with Gasteiger partial charge in [-0.25, -0.2) is 8.42 Å². The van der Waals surface area contributed by atoms with Crippen LogP contribution in [-0.4, -0.2) is 33.3 Å². The summed E-state index contributed by atoms with van der Waals surface area (Å²) in [5.74, 6) is -0.310. The topological polar surface area (TPSA) is 66.5 Å². The quantitative estimate of drug-likeness (QED) is 0.896. The Kier molecular flexibility index (Phi) is 5.07. The molecule has 0 spiro atoms. The van der Waals surface area contributed by atoms with Gasteiger partial charge in [-0.2, -0.15) is 13.2 Å². The first-order valence-electron chi connectivity index (χ1n) is 7.02. The maximum atomic E-state index is 12.5. The lowest BCUT2D eigenvalue weighted by atomic mass is 10.2. The third-order valence-corrected chi connectivity index (χ3v) is 4.66. The van der Waals surface area contributed by atoms with Crippen molar-refractivity contribution in [2.75, 3.05) is 18.8 Å². The summed E-state index contributed by atoms with van der Waals surface area (Å²) in [5, 5.41) is 0. The van der Waals surface area contributed by atoms with Crippen LogP contribution in [0, 0.1) is 0 Å². The van der Waals surface area contributed by atoms with Crippen LogP contribution in [-0.2, 0) is 16.2 Å². The molecular formula is C16H15F3N2O3S. The van der Waals surface area contributed by atoms with Crippen molar-refractivity contribution in [1.29, 1.82) is 0 Å². The molecule has 0 aliphatic carbocycles. The molecule has 134 valence electrons. The van der Waals surface area contributed by atoms with E-state index in [0.717, 1.165) is 12.1 Å². The van der Waals surface area contributed by atoms with Crippen molar-refractivity contribution in [3.05, 3.63) is 59.7 Å². The van der Waals surface area contributed by atoms with Gasteiger partial charge in [0.1, 0.15) is 0 Å². The SMILES string of the molecule is CN(C)C(=O)c1cccc(NS(=O)(=O)c2ccc(C(F)(F)F)cc2)c1. The molecule has 0 saturated heterocycles. The predicted octanol–water partition coefficient (Wildman–Crippen LogP) is 3.21. The second kappa shape index (κ2) is 6.75. The van der Waals surface area contributed by atoms with Crippen molar-refractivity contribution in [1.82, 2.24) is 4.90 Å². The Balaban J connectivity index is 2.27. The average molecular weight is 372 g/mol. The molecule has 0 heterocycles. The van der Waals surface area contributed by atoms with Crippen LogP contribution in [0.1, 0.15) is 15.9 Å². The van der Waals surface area contributed by atoms with Gasteiger partial charge < -0.3 is 4.90 Å². The highest BCUT2D eigenvalue weighted by Crippen LogP contribution is 2.30. The minimum Gasteiger partial charge on any atom is -0.345 e. The van der Waals surface area contributed by atoms with E-state index in [1.54, 1.807) is 14.1 Å². The van der Waals surface area contributed by atoms with E-state index >= 15 is 0 Å². The van der Waals surface area contributed by atoms with Crippen molar-refractivity contribution in [2.24, 2.45) is 0 Å². The Morgan fingerprint density at radius 3 is 2.16 bits per heavy atom. The Labute approximate surface area is 143 Å². The number of carbonyl (C=O) groups excluding carboxylic acids is 1. The summed E-state index contributed by atoms with van der Waals surface area (Å²) >= 11 is 0. The number of nitrogens with one attached hydrogen (secondary N) is 1. The zero-order valence-corrected chi connectivity index (χ0v) is 14.1. The number of alkyl halides is 3. The number of anilines is 1. The second-order valence-electron chi connectivity index (χ2n) is 5.41. The molecule has 0 atom stereocenters. The normalized spacial score (nSPS) is 11.9. The number of hydrogen-bond donors (Lipinski definition) is 1. The number of carbonyl (C=O) groups is 1. The van der Waals surface area contributed by atoms with Gasteiger partial charge in [0.05, 0.1) is 10.5 Å². The molecule has 2 aromatic rings. The van der Waals surface area contributed by atoms with Gasteiger partial charge in [-0.05, 0) is 42.5 Å². The number of amides is 1. The first kappa shape index (κ1) is 18.8. The maximum Gasteiger partial charge on any atom is 0.416 e. The standard InChI is InChI=1S/C16H15F3N2O3S/c1-21(2)15(22)11-4-3-5-13(10-11)20-25(23,24)14-8-6-12(7-9-14)16(17,18)19/h3-10,20H,1-2H3. The van der Waals surface area contributed by atoms with Crippen molar-refractivity contribution in [3.63, 3.8) is 0 Å². The fourth-order valence-corrected chi connectivity index (χ4v) is 3.06. The molecule has 0 aliphatic heterocycles. The summed E-state index contributed by atoms with van der Waals surface area (Å²) in [4.78, 5) is 12.9. The number of benzene rings is 2. The van der Waals surface area contributed by atoms with Gasteiger partial charge in [0.25, 0.3) is 15.9 Å². The largest absolute Gasteiger partial charge is 0.416 e. The van der Waals surface area contributed by atoms with Crippen LogP contribution in [0.3, 0.4) is 0 Å².